The number of hydrogen-bond acceptors (Lipinski definition) is 4. The lowest BCUT2D eigenvalue weighted by atomic mass is 9.92. The topological polar surface area (TPSA) is 27.7 Å². The second kappa shape index (κ2) is 8.20. The maximum Gasteiger partial charge on any atom is 0.0724 e. The fourth-order valence-corrected chi connectivity index (χ4v) is 3.27. The molecule has 0 aromatic heterocycles. The molecule has 2 unspecified atom stereocenters. The first-order valence-electron chi connectivity index (χ1n) is 7.96. The summed E-state index contributed by atoms with van der Waals surface area (Å²) in [6.07, 6.45) is 6.90. The Morgan fingerprint density at radius 1 is 1.11 bits per heavy atom. The molecule has 0 aromatic carbocycles. The highest BCUT2D eigenvalue weighted by molar-refractivity contribution is 4.81. The van der Waals surface area contributed by atoms with Crippen LogP contribution in [0, 0.1) is 0 Å². The van der Waals surface area contributed by atoms with Gasteiger partial charge >= 0.3 is 0 Å². The van der Waals surface area contributed by atoms with Gasteiger partial charge in [-0.3, -0.25) is 0 Å². The van der Waals surface area contributed by atoms with E-state index in [-0.39, 0.29) is 0 Å². The van der Waals surface area contributed by atoms with Gasteiger partial charge in [-0.15, -0.1) is 0 Å². The van der Waals surface area contributed by atoms with Gasteiger partial charge in [0.05, 0.1) is 6.10 Å². The molecule has 2 fully saturated rings. The van der Waals surface area contributed by atoms with Gasteiger partial charge in [0.1, 0.15) is 0 Å². The molecule has 0 spiro atoms. The normalized spacial score (nSPS) is 30.6. The first-order valence-corrected chi connectivity index (χ1v) is 7.96. The fourth-order valence-electron chi connectivity index (χ4n) is 3.27. The predicted molar refractivity (Wildman–Crippen MR) is 79.6 cm³/mol. The molecule has 1 aliphatic heterocycles. The molecule has 4 heteroatoms. The Labute approximate surface area is 118 Å². The molecular weight excluding hydrogens is 238 g/mol. The third-order valence-corrected chi connectivity index (χ3v) is 4.66. The van der Waals surface area contributed by atoms with Gasteiger partial charge in [-0.2, -0.15) is 0 Å². The van der Waals surface area contributed by atoms with Crippen molar-refractivity contribution in [2.75, 3.05) is 53.4 Å². The fraction of sp³-hybridized carbons (Fsp3) is 1.00. The summed E-state index contributed by atoms with van der Waals surface area (Å²) in [6.45, 7) is 7.30. The van der Waals surface area contributed by atoms with Crippen molar-refractivity contribution >= 4 is 0 Å². The Kier molecular flexibility index (Phi) is 6.57. The molecule has 2 aliphatic rings. The number of piperazine rings is 1. The van der Waals surface area contributed by atoms with E-state index in [4.69, 9.17) is 4.74 Å². The molecule has 2 rings (SSSR count). The van der Waals surface area contributed by atoms with E-state index in [0.29, 0.717) is 12.1 Å². The minimum absolute atomic E-state index is 0.442. The molecule has 112 valence electrons. The average molecular weight is 269 g/mol. The maximum atomic E-state index is 5.58. The molecule has 0 bridgehead atoms. The smallest absolute Gasteiger partial charge is 0.0724 e. The van der Waals surface area contributed by atoms with E-state index < -0.39 is 0 Å². The number of nitrogens with one attached hydrogen (secondary N) is 1. The number of likely N-dealkylation sites (N-methyl/N-ethyl adjacent to an activating group) is 1. The molecule has 1 saturated heterocycles. The van der Waals surface area contributed by atoms with Crippen LogP contribution >= 0.6 is 0 Å². The maximum absolute atomic E-state index is 5.58. The van der Waals surface area contributed by atoms with Crippen LogP contribution in [0.15, 0.2) is 0 Å². The second-order valence-corrected chi connectivity index (χ2v) is 6.12. The van der Waals surface area contributed by atoms with Crippen molar-refractivity contribution in [3.05, 3.63) is 0 Å². The van der Waals surface area contributed by atoms with Gasteiger partial charge in [-0.1, -0.05) is 12.8 Å². The van der Waals surface area contributed by atoms with Crippen molar-refractivity contribution in [2.45, 2.75) is 44.2 Å². The van der Waals surface area contributed by atoms with E-state index in [0.717, 1.165) is 6.54 Å². The SMILES string of the molecule is COC1CCCCC1NCCCN1CCN(C)CC1. The summed E-state index contributed by atoms with van der Waals surface area (Å²) in [5.74, 6) is 0. The third kappa shape index (κ3) is 5.03. The molecule has 1 saturated carbocycles. The molecule has 4 nitrogen and oxygen atoms in total. The van der Waals surface area contributed by atoms with E-state index in [1.54, 1.807) is 0 Å². The summed E-state index contributed by atoms with van der Waals surface area (Å²) in [6, 6.07) is 0.589. The van der Waals surface area contributed by atoms with E-state index in [1.165, 1.54) is 64.8 Å². The van der Waals surface area contributed by atoms with Gasteiger partial charge in [-0.05, 0) is 39.4 Å². The van der Waals surface area contributed by atoms with E-state index in [1.807, 2.05) is 7.11 Å². The Balaban J connectivity index is 1.56. The van der Waals surface area contributed by atoms with Crippen molar-refractivity contribution in [3.8, 4) is 0 Å². The number of methoxy groups -OCH3 is 1. The van der Waals surface area contributed by atoms with Gasteiger partial charge in [0.2, 0.25) is 0 Å². The highest BCUT2D eigenvalue weighted by Crippen LogP contribution is 2.20. The Hall–Kier alpha value is -0.160. The molecule has 1 N–H and O–H groups in total. The van der Waals surface area contributed by atoms with Crippen LogP contribution in [-0.4, -0.2) is 75.4 Å². The third-order valence-electron chi connectivity index (χ3n) is 4.66. The number of rotatable bonds is 6. The van der Waals surface area contributed by atoms with Crippen LogP contribution in [0.25, 0.3) is 0 Å². The van der Waals surface area contributed by atoms with Crippen LogP contribution in [0.3, 0.4) is 0 Å². The Morgan fingerprint density at radius 2 is 1.84 bits per heavy atom. The molecular formula is C15H31N3O. The van der Waals surface area contributed by atoms with Crippen LogP contribution < -0.4 is 5.32 Å². The van der Waals surface area contributed by atoms with Crippen molar-refractivity contribution < 1.29 is 4.74 Å². The highest BCUT2D eigenvalue weighted by atomic mass is 16.5. The second-order valence-electron chi connectivity index (χ2n) is 6.12. The zero-order valence-electron chi connectivity index (χ0n) is 12.7. The molecule has 1 heterocycles. The summed E-state index contributed by atoms with van der Waals surface area (Å²) in [4.78, 5) is 5.01. The van der Waals surface area contributed by atoms with Gasteiger partial charge in [0, 0.05) is 39.3 Å². The summed E-state index contributed by atoms with van der Waals surface area (Å²) in [5, 5.41) is 3.71. The van der Waals surface area contributed by atoms with Gasteiger partial charge in [-0.25, -0.2) is 0 Å². The lowest BCUT2D eigenvalue weighted by Gasteiger charge is -2.33. The molecule has 0 amide bonds. The lowest BCUT2D eigenvalue weighted by molar-refractivity contribution is 0.0415. The predicted octanol–water partition coefficient (Wildman–Crippen LogP) is 1.17. The standard InChI is InChI=1S/C15H31N3O/c1-17-10-12-18(13-11-17)9-5-8-16-14-6-3-4-7-15(14)19-2/h14-16H,3-13H2,1-2H3. The van der Waals surface area contributed by atoms with Crippen LogP contribution in [0.5, 0.6) is 0 Å². The van der Waals surface area contributed by atoms with Crippen molar-refractivity contribution in [2.24, 2.45) is 0 Å². The van der Waals surface area contributed by atoms with Crippen LogP contribution in [0.1, 0.15) is 32.1 Å². The molecule has 2 atom stereocenters. The number of ether oxygens (including phenoxy) is 1. The minimum atomic E-state index is 0.442. The van der Waals surface area contributed by atoms with Crippen molar-refractivity contribution in [3.63, 3.8) is 0 Å². The van der Waals surface area contributed by atoms with E-state index in [9.17, 15) is 0 Å². The zero-order valence-corrected chi connectivity index (χ0v) is 12.7. The molecule has 0 radical (unpaired) electrons. The first-order chi connectivity index (χ1) is 9.29. The molecule has 0 aromatic rings. The molecule has 19 heavy (non-hydrogen) atoms. The summed E-state index contributed by atoms with van der Waals surface area (Å²) in [5.41, 5.74) is 0. The van der Waals surface area contributed by atoms with Gasteiger partial charge in [0.25, 0.3) is 0 Å². The monoisotopic (exact) mass is 269 g/mol. The Bertz CT molecular complexity index is 242. The van der Waals surface area contributed by atoms with Crippen LogP contribution in [0.2, 0.25) is 0 Å². The quantitative estimate of drug-likeness (QED) is 0.733. The lowest BCUT2D eigenvalue weighted by Crippen LogP contribution is -2.46. The largest absolute Gasteiger partial charge is 0.380 e. The first kappa shape index (κ1) is 15.2. The summed E-state index contributed by atoms with van der Waals surface area (Å²) >= 11 is 0. The average Bonchev–Trinajstić information content (AvgIpc) is 2.46. The summed E-state index contributed by atoms with van der Waals surface area (Å²) < 4.78 is 5.58. The van der Waals surface area contributed by atoms with E-state index >= 15 is 0 Å². The Morgan fingerprint density at radius 3 is 2.58 bits per heavy atom. The number of hydrogen-bond donors (Lipinski definition) is 1. The molecule has 1 aliphatic carbocycles. The minimum Gasteiger partial charge on any atom is -0.380 e. The van der Waals surface area contributed by atoms with Gasteiger partial charge < -0.3 is 19.9 Å². The zero-order chi connectivity index (χ0) is 13.5. The van der Waals surface area contributed by atoms with E-state index in [2.05, 4.69) is 22.2 Å². The van der Waals surface area contributed by atoms with Gasteiger partial charge in [0.15, 0.2) is 0 Å². The van der Waals surface area contributed by atoms with Crippen molar-refractivity contribution in [1.29, 1.82) is 0 Å². The number of nitrogens with zero attached hydrogens (tertiary/aromatic N) is 2. The van der Waals surface area contributed by atoms with Crippen LogP contribution in [0.4, 0.5) is 0 Å². The van der Waals surface area contributed by atoms with Crippen molar-refractivity contribution in [1.82, 2.24) is 15.1 Å². The van der Waals surface area contributed by atoms with Crippen LogP contribution in [-0.2, 0) is 4.74 Å². The highest BCUT2D eigenvalue weighted by Gasteiger charge is 2.24. The summed E-state index contributed by atoms with van der Waals surface area (Å²) in [7, 11) is 4.07.